The number of aliphatic hydroxyl groups excluding tert-OH is 1. The minimum absolute atomic E-state index is 0.0981. The Balaban J connectivity index is 1.27. The highest BCUT2D eigenvalue weighted by Gasteiger charge is 2.28. The molecular weight excluding hydrogens is 452 g/mol. The lowest BCUT2D eigenvalue weighted by Gasteiger charge is -2.29. The number of ether oxygens (including phenoxy) is 2. The summed E-state index contributed by atoms with van der Waals surface area (Å²) < 4.78 is 11.3. The first kappa shape index (κ1) is 24.3. The number of hydrogen-bond donors (Lipinski definition) is 2. The zero-order valence-corrected chi connectivity index (χ0v) is 20.8. The van der Waals surface area contributed by atoms with Crippen LogP contribution in [0.1, 0.15) is 35.6 Å². The fraction of sp³-hybridized carbons (Fsp3) is 0.367. The molecule has 2 heterocycles. The zero-order chi connectivity index (χ0) is 24.9. The molecular formula is C30H34N2O4. The van der Waals surface area contributed by atoms with Gasteiger partial charge in [-0.05, 0) is 67.2 Å². The molecule has 6 nitrogen and oxygen atoms in total. The van der Waals surface area contributed by atoms with Crippen LogP contribution in [0.2, 0.25) is 0 Å². The second-order valence-corrected chi connectivity index (χ2v) is 9.77. The lowest BCUT2D eigenvalue weighted by molar-refractivity contribution is -0.122. The summed E-state index contributed by atoms with van der Waals surface area (Å²) in [4.78, 5) is 15.4. The number of nitrogens with zero attached hydrogens (tertiary/aromatic N) is 1. The van der Waals surface area contributed by atoms with Crippen molar-refractivity contribution < 1.29 is 19.4 Å². The largest absolute Gasteiger partial charge is 0.486 e. The van der Waals surface area contributed by atoms with Crippen molar-refractivity contribution in [2.24, 2.45) is 0 Å². The minimum Gasteiger partial charge on any atom is -0.486 e. The van der Waals surface area contributed by atoms with Crippen LogP contribution < -0.4 is 14.8 Å². The van der Waals surface area contributed by atoms with Gasteiger partial charge in [-0.25, -0.2) is 0 Å². The minimum atomic E-state index is -0.853. The zero-order valence-electron chi connectivity index (χ0n) is 20.8. The summed E-state index contributed by atoms with van der Waals surface area (Å²) in [7, 11) is 0. The Labute approximate surface area is 212 Å². The molecule has 0 spiro atoms. The van der Waals surface area contributed by atoms with Crippen molar-refractivity contribution in [2.75, 3.05) is 32.8 Å². The third kappa shape index (κ3) is 5.89. The van der Waals surface area contributed by atoms with Crippen molar-refractivity contribution in [1.82, 2.24) is 10.2 Å². The first-order valence-electron chi connectivity index (χ1n) is 12.8. The summed E-state index contributed by atoms with van der Waals surface area (Å²) in [6.07, 6.45) is 1.70. The van der Waals surface area contributed by atoms with Crippen LogP contribution in [0.3, 0.4) is 0 Å². The number of fused-ring (bicyclic) bond motifs is 1. The number of carbonyl (C=O) groups excluding carboxylic acids is 1. The van der Waals surface area contributed by atoms with Crippen LogP contribution in [-0.4, -0.2) is 54.8 Å². The Bertz CT molecular complexity index is 1190. The number of amides is 1. The summed E-state index contributed by atoms with van der Waals surface area (Å²) in [6, 6.07) is 21.6. The molecule has 6 heteroatoms. The number of nitrogens with one attached hydrogen (secondary N) is 1. The third-order valence-electron chi connectivity index (χ3n) is 6.96. The molecule has 1 saturated heterocycles. The predicted molar refractivity (Wildman–Crippen MR) is 140 cm³/mol. The maximum absolute atomic E-state index is 13.1. The average molecular weight is 487 g/mol. The molecule has 0 bridgehead atoms. The molecule has 36 heavy (non-hydrogen) atoms. The number of hydrogen-bond acceptors (Lipinski definition) is 5. The topological polar surface area (TPSA) is 71.0 Å². The van der Waals surface area contributed by atoms with Crippen molar-refractivity contribution >= 4 is 5.91 Å². The molecule has 2 aliphatic rings. The van der Waals surface area contributed by atoms with Crippen molar-refractivity contribution in [3.63, 3.8) is 0 Å². The second-order valence-electron chi connectivity index (χ2n) is 9.77. The van der Waals surface area contributed by atoms with Gasteiger partial charge >= 0.3 is 0 Å². The number of carbonyl (C=O) groups is 1. The Morgan fingerprint density at radius 3 is 2.44 bits per heavy atom. The van der Waals surface area contributed by atoms with Gasteiger partial charge in [0, 0.05) is 6.54 Å². The summed E-state index contributed by atoms with van der Waals surface area (Å²) in [5.41, 5.74) is 5.17. The summed E-state index contributed by atoms with van der Waals surface area (Å²) >= 11 is 0. The molecule has 3 aromatic rings. The van der Waals surface area contributed by atoms with Gasteiger partial charge < -0.3 is 24.8 Å². The number of likely N-dealkylation sites (tertiary alicyclic amines) is 1. The van der Waals surface area contributed by atoms with E-state index in [0.717, 1.165) is 37.1 Å². The molecule has 2 unspecified atom stereocenters. The van der Waals surface area contributed by atoms with Crippen LogP contribution in [0.25, 0.3) is 11.1 Å². The van der Waals surface area contributed by atoms with E-state index in [9.17, 15) is 9.90 Å². The van der Waals surface area contributed by atoms with E-state index < -0.39 is 12.1 Å². The van der Waals surface area contributed by atoms with E-state index in [4.69, 9.17) is 9.47 Å². The van der Waals surface area contributed by atoms with Crippen molar-refractivity contribution in [3.05, 3.63) is 83.4 Å². The molecule has 1 fully saturated rings. The normalized spacial score (nSPS) is 16.9. The molecule has 188 valence electrons. The van der Waals surface area contributed by atoms with Gasteiger partial charge in [0.1, 0.15) is 19.3 Å². The molecule has 0 radical (unpaired) electrons. The Morgan fingerprint density at radius 2 is 1.69 bits per heavy atom. The van der Waals surface area contributed by atoms with E-state index in [1.807, 2.05) is 30.3 Å². The highest BCUT2D eigenvalue weighted by Crippen LogP contribution is 2.33. The molecule has 2 aliphatic heterocycles. The molecule has 2 atom stereocenters. The fourth-order valence-electron chi connectivity index (χ4n) is 5.03. The Morgan fingerprint density at radius 1 is 0.944 bits per heavy atom. The quantitative estimate of drug-likeness (QED) is 0.497. The first-order valence-corrected chi connectivity index (χ1v) is 12.8. The molecule has 1 amide bonds. The Kier molecular flexibility index (Phi) is 7.54. The van der Waals surface area contributed by atoms with Gasteiger partial charge in [-0.1, -0.05) is 60.2 Å². The SMILES string of the molecule is Cc1cccc(-c2ccc(CC(=O)NC(CN3CCCC3)C(O)c3ccc4c(c3)OCCO4)cc2)c1. The van der Waals surface area contributed by atoms with Crippen LogP contribution in [-0.2, 0) is 11.2 Å². The highest BCUT2D eigenvalue weighted by molar-refractivity contribution is 5.79. The van der Waals surface area contributed by atoms with Gasteiger partial charge in [-0.2, -0.15) is 0 Å². The Hall–Kier alpha value is -3.35. The lowest BCUT2D eigenvalue weighted by Crippen LogP contribution is -2.47. The summed E-state index contributed by atoms with van der Waals surface area (Å²) in [5, 5.41) is 14.4. The molecule has 5 rings (SSSR count). The van der Waals surface area contributed by atoms with E-state index in [1.165, 1.54) is 11.1 Å². The molecule has 2 N–H and O–H groups in total. The van der Waals surface area contributed by atoms with Gasteiger partial charge in [0.05, 0.1) is 12.5 Å². The van der Waals surface area contributed by atoms with Gasteiger partial charge in [-0.3, -0.25) is 4.79 Å². The fourth-order valence-corrected chi connectivity index (χ4v) is 5.03. The van der Waals surface area contributed by atoms with Gasteiger partial charge in [-0.15, -0.1) is 0 Å². The number of aryl methyl sites for hydroxylation is 1. The van der Waals surface area contributed by atoms with Crippen molar-refractivity contribution in [2.45, 2.75) is 38.3 Å². The number of benzene rings is 3. The summed E-state index contributed by atoms with van der Waals surface area (Å²) in [5.74, 6) is 1.23. The number of rotatable bonds is 8. The van der Waals surface area contributed by atoms with Gasteiger partial charge in [0.25, 0.3) is 0 Å². The van der Waals surface area contributed by atoms with E-state index in [2.05, 4.69) is 53.5 Å². The monoisotopic (exact) mass is 486 g/mol. The third-order valence-corrected chi connectivity index (χ3v) is 6.96. The van der Waals surface area contributed by atoms with E-state index >= 15 is 0 Å². The van der Waals surface area contributed by atoms with Gasteiger partial charge in [0.15, 0.2) is 11.5 Å². The predicted octanol–water partition coefficient (Wildman–Crippen LogP) is 4.29. The highest BCUT2D eigenvalue weighted by atomic mass is 16.6. The average Bonchev–Trinajstić information content (AvgIpc) is 3.41. The standard InChI is InChI=1S/C30H34N2O4/c1-21-5-4-6-24(17-21)23-9-7-22(8-10-23)18-29(33)31-26(20-32-13-2-3-14-32)30(34)25-11-12-27-28(19-25)36-16-15-35-27/h4-12,17,19,26,30,34H,2-3,13-16,18,20H2,1H3,(H,31,33). The molecule has 0 aromatic heterocycles. The van der Waals surface area contributed by atoms with E-state index in [1.54, 1.807) is 0 Å². The smallest absolute Gasteiger partial charge is 0.224 e. The second kappa shape index (κ2) is 11.1. The molecule has 0 saturated carbocycles. The maximum atomic E-state index is 13.1. The van der Waals surface area contributed by atoms with Crippen molar-refractivity contribution in [3.8, 4) is 22.6 Å². The first-order chi connectivity index (χ1) is 17.5. The number of aliphatic hydroxyl groups is 1. The molecule has 0 aliphatic carbocycles. The molecule has 3 aromatic carbocycles. The van der Waals surface area contributed by atoms with Crippen LogP contribution in [0, 0.1) is 6.92 Å². The maximum Gasteiger partial charge on any atom is 0.224 e. The summed E-state index contributed by atoms with van der Waals surface area (Å²) in [6.45, 7) is 5.67. The van der Waals surface area contributed by atoms with Crippen LogP contribution in [0.5, 0.6) is 11.5 Å². The van der Waals surface area contributed by atoms with E-state index in [0.29, 0.717) is 36.8 Å². The lowest BCUT2D eigenvalue weighted by atomic mass is 9.99. The van der Waals surface area contributed by atoms with E-state index in [-0.39, 0.29) is 12.3 Å². The van der Waals surface area contributed by atoms with Crippen molar-refractivity contribution in [1.29, 1.82) is 0 Å². The van der Waals surface area contributed by atoms with Crippen LogP contribution in [0.15, 0.2) is 66.7 Å². The van der Waals surface area contributed by atoms with Crippen LogP contribution in [0.4, 0.5) is 0 Å². The van der Waals surface area contributed by atoms with Crippen LogP contribution >= 0.6 is 0 Å². The van der Waals surface area contributed by atoms with Gasteiger partial charge in [0.2, 0.25) is 5.91 Å².